The Morgan fingerprint density at radius 2 is 2.17 bits per heavy atom. The summed E-state index contributed by atoms with van der Waals surface area (Å²) in [5.41, 5.74) is 1.37. The number of carboxylic acid groups (broad SMARTS) is 1. The molecule has 7 heteroatoms. The Kier molecular flexibility index (Phi) is 8.74. The van der Waals surface area contributed by atoms with Crippen LogP contribution in [0.3, 0.4) is 0 Å². The molecule has 3 atom stereocenters. The van der Waals surface area contributed by atoms with Gasteiger partial charge in [-0.05, 0) is 99.0 Å². The Morgan fingerprint density at radius 3 is 2.94 bits per heavy atom. The number of likely N-dealkylation sites (tertiary alicyclic amines) is 1. The zero-order valence-corrected chi connectivity index (χ0v) is 20.4. The average molecular weight is 483 g/mol. The number of pyridine rings is 1. The number of furan rings is 1. The molecule has 3 aromatic rings. The van der Waals surface area contributed by atoms with E-state index in [1.807, 2.05) is 30.3 Å². The first-order valence-electron chi connectivity index (χ1n) is 12.6. The molecule has 35 heavy (non-hydrogen) atoms. The summed E-state index contributed by atoms with van der Waals surface area (Å²) in [6.45, 7) is 2.66. The second-order valence-corrected chi connectivity index (χ2v) is 9.57. The van der Waals surface area contributed by atoms with Crippen LogP contribution in [0.2, 0.25) is 0 Å². The molecular weight excluding hydrogens is 447 g/mol. The number of ether oxygens (including phenoxy) is 1. The molecule has 2 aromatic heterocycles. The first-order valence-corrected chi connectivity index (χ1v) is 12.6. The molecule has 6 nitrogen and oxygen atoms in total. The van der Waals surface area contributed by atoms with Gasteiger partial charge in [-0.3, -0.25) is 9.78 Å². The molecule has 1 N–H and O–H groups in total. The maximum atomic E-state index is 15.4. The number of aryl methyl sites for hydroxylation is 1. The minimum Gasteiger partial charge on any atom is -0.497 e. The van der Waals surface area contributed by atoms with Crippen LogP contribution in [0.5, 0.6) is 5.75 Å². The highest BCUT2D eigenvalue weighted by atomic mass is 19.1. The molecule has 0 spiro atoms. The molecule has 1 aliphatic rings. The van der Waals surface area contributed by atoms with Crippen molar-refractivity contribution in [2.45, 2.75) is 51.1 Å². The Labute approximate surface area is 206 Å². The zero-order valence-electron chi connectivity index (χ0n) is 20.4. The third-order valence-electron chi connectivity index (χ3n) is 7.25. The van der Waals surface area contributed by atoms with Crippen LogP contribution in [0.1, 0.15) is 56.0 Å². The number of piperidine rings is 1. The summed E-state index contributed by atoms with van der Waals surface area (Å²) in [5, 5.41) is 10.3. The van der Waals surface area contributed by atoms with Crippen molar-refractivity contribution < 1.29 is 23.4 Å². The summed E-state index contributed by atoms with van der Waals surface area (Å²) in [5.74, 6) is 1.17. The molecule has 0 radical (unpaired) electrons. The third-order valence-corrected chi connectivity index (χ3v) is 7.25. The van der Waals surface area contributed by atoms with E-state index in [-0.39, 0.29) is 18.3 Å². The number of hydrogen-bond acceptors (Lipinski definition) is 5. The highest BCUT2D eigenvalue weighted by molar-refractivity contribution is 5.83. The Balaban J connectivity index is 1.32. The van der Waals surface area contributed by atoms with Gasteiger partial charge in [0.1, 0.15) is 17.7 Å². The largest absolute Gasteiger partial charge is 0.497 e. The van der Waals surface area contributed by atoms with Crippen molar-refractivity contribution in [1.29, 1.82) is 0 Å². The number of methoxy groups -OCH3 is 1. The van der Waals surface area contributed by atoms with Crippen molar-refractivity contribution >= 4 is 16.9 Å². The van der Waals surface area contributed by atoms with Crippen LogP contribution < -0.4 is 4.74 Å². The van der Waals surface area contributed by atoms with Crippen molar-refractivity contribution in [2.24, 2.45) is 11.8 Å². The van der Waals surface area contributed by atoms with Crippen LogP contribution >= 0.6 is 0 Å². The summed E-state index contributed by atoms with van der Waals surface area (Å²) in [4.78, 5) is 18.3. The van der Waals surface area contributed by atoms with E-state index in [0.29, 0.717) is 24.2 Å². The minimum atomic E-state index is -1.13. The number of carboxylic acids is 1. The molecule has 0 unspecified atom stereocenters. The number of aromatic nitrogens is 1. The van der Waals surface area contributed by atoms with Gasteiger partial charge in [0.25, 0.3) is 0 Å². The van der Waals surface area contributed by atoms with E-state index in [1.165, 1.54) is 0 Å². The molecule has 0 amide bonds. The number of rotatable bonds is 12. The molecule has 1 aromatic carbocycles. The first kappa shape index (κ1) is 25.2. The van der Waals surface area contributed by atoms with Gasteiger partial charge in [0.15, 0.2) is 0 Å². The van der Waals surface area contributed by atoms with E-state index in [1.54, 1.807) is 25.6 Å². The van der Waals surface area contributed by atoms with Gasteiger partial charge in [0.05, 0.1) is 18.9 Å². The number of halogens is 1. The third kappa shape index (κ3) is 6.82. The lowest BCUT2D eigenvalue weighted by Gasteiger charge is -2.38. The van der Waals surface area contributed by atoms with Crippen LogP contribution in [0.4, 0.5) is 4.39 Å². The molecule has 1 saturated heterocycles. The normalized spacial score (nSPS) is 19.6. The second-order valence-electron chi connectivity index (χ2n) is 9.57. The number of aliphatic carboxylic acids is 1. The molecule has 188 valence electrons. The van der Waals surface area contributed by atoms with Gasteiger partial charge in [-0.1, -0.05) is 0 Å². The Morgan fingerprint density at radius 1 is 1.29 bits per heavy atom. The van der Waals surface area contributed by atoms with E-state index in [2.05, 4.69) is 9.88 Å². The van der Waals surface area contributed by atoms with Crippen molar-refractivity contribution in [1.82, 2.24) is 9.88 Å². The van der Waals surface area contributed by atoms with Gasteiger partial charge in [0.2, 0.25) is 0 Å². The number of fused-ring (bicyclic) bond motifs is 1. The predicted molar refractivity (Wildman–Crippen MR) is 133 cm³/mol. The molecule has 4 rings (SSSR count). The van der Waals surface area contributed by atoms with Crippen LogP contribution in [0, 0.1) is 11.8 Å². The fraction of sp³-hybridized carbons (Fsp3) is 0.500. The lowest BCUT2D eigenvalue weighted by Crippen LogP contribution is -2.41. The quantitative estimate of drug-likeness (QED) is 0.316. The van der Waals surface area contributed by atoms with Gasteiger partial charge in [-0.15, -0.1) is 0 Å². The van der Waals surface area contributed by atoms with Gasteiger partial charge in [-0.2, -0.15) is 0 Å². The van der Waals surface area contributed by atoms with Gasteiger partial charge < -0.3 is 19.2 Å². The molecule has 1 aliphatic heterocycles. The molecule has 0 bridgehead atoms. The SMILES string of the molecule is COc1ccc2nccc([C@@H](F)CC[C@@H]3CCN(CCCCc4ccco4)C[C@@H]3CC(=O)O)c2c1. The monoisotopic (exact) mass is 482 g/mol. The lowest BCUT2D eigenvalue weighted by molar-refractivity contribution is -0.139. The Bertz CT molecular complexity index is 1090. The standard InChI is InChI=1S/C28H35FN2O4/c1-34-23-8-10-27-25(18-23)24(11-13-30-27)26(29)9-7-20-12-15-31(19-21(20)17-28(32)33)14-3-2-5-22-6-4-16-35-22/h4,6,8,10-11,13,16,18,20-21,26H,2-3,5,7,9,12,14-15,17,19H2,1H3,(H,32,33)/t20-,21+,26+/m1/s1. The summed E-state index contributed by atoms with van der Waals surface area (Å²) in [7, 11) is 1.60. The van der Waals surface area contributed by atoms with E-state index < -0.39 is 12.1 Å². The summed E-state index contributed by atoms with van der Waals surface area (Å²) in [6, 6.07) is 11.2. The van der Waals surface area contributed by atoms with Gasteiger partial charge in [0, 0.05) is 31.0 Å². The molecule has 0 saturated carbocycles. The topological polar surface area (TPSA) is 75.8 Å². The average Bonchev–Trinajstić information content (AvgIpc) is 3.38. The molecular formula is C28H35FN2O4. The Hall–Kier alpha value is -2.93. The summed E-state index contributed by atoms with van der Waals surface area (Å²) >= 11 is 0. The number of alkyl halides is 1. The van der Waals surface area contributed by atoms with Crippen molar-refractivity contribution in [2.75, 3.05) is 26.7 Å². The number of nitrogens with zero attached hydrogens (tertiary/aromatic N) is 2. The minimum absolute atomic E-state index is 0.0489. The van der Waals surface area contributed by atoms with Crippen LogP contribution in [0.15, 0.2) is 53.3 Å². The van der Waals surface area contributed by atoms with E-state index in [4.69, 9.17) is 9.15 Å². The van der Waals surface area contributed by atoms with Crippen molar-refractivity contribution in [3.63, 3.8) is 0 Å². The number of hydrogen-bond donors (Lipinski definition) is 1. The predicted octanol–water partition coefficient (Wildman–Crippen LogP) is 6.06. The second kappa shape index (κ2) is 12.2. The van der Waals surface area contributed by atoms with Gasteiger partial charge in [-0.25, -0.2) is 4.39 Å². The first-order chi connectivity index (χ1) is 17.0. The fourth-order valence-corrected chi connectivity index (χ4v) is 5.35. The zero-order chi connectivity index (χ0) is 24.6. The van der Waals surface area contributed by atoms with E-state index in [9.17, 15) is 9.90 Å². The molecule has 3 heterocycles. The smallest absolute Gasteiger partial charge is 0.303 e. The van der Waals surface area contributed by atoms with Gasteiger partial charge >= 0.3 is 5.97 Å². The number of carbonyl (C=O) groups is 1. The van der Waals surface area contributed by atoms with E-state index in [0.717, 1.165) is 62.0 Å². The van der Waals surface area contributed by atoms with Crippen LogP contribution in [-0.4, -0.2) is 47.7 Å². The van der Waals surface area contributed by atoms with Crippen LogP contribution in [-0.2, 0) is 11.2 Å². The van der Waals surface area contributed by atoms with Crippen molar-refractivity contribution in [3.8, 4) is 5.75 Å². The number of unbranched alkanes of at least 4 members (excludes halogenated alkanes) is 1. The maximum absolute atomic E-state index is 15.4. The van der Waals surface area contributed by atoms with Crippen molar-refractivity contribution in [3.05, 3.63) is 60.2 Å². The molecule has 1 fully saturated rings. The fourth-order valence-electron chi connectivity index (χ4n) is 5.35. The van der Waals surface area contributed by atoms with E-state index >= 15 is 4.39 Å². The maximum Gasteiger partial charge on any atom is 0.303 e. The number of benzene rings is 1. The highest BCUT2D eigenvalue weighted by Crippen LogP contribution is 2.36. The molecule has 0 aliphatic carbocycles. The summed E-state index contributed by atoms with van der Waals surface area (Å²) in [6.07, 6.45) is 7.35. The van der Waals surface area contributed by atoms with Crippen LogP contribution in [0.25, 0.3) is 10.9 Å². The highest BCUT2D eigenvalue weighted by Gasteiger charge is 2.31. The summed E-state index contributed by atoms with van der Waals surface area (Å²) < 4.78 is 26.1. The lowest BCUT2D eigenvalue weighted by atomic mass is 9.79.